The molecule has 0 saturated carbocycles. The van der Waals surface area contributed by atoms with Crippen molar-refractivity contribution in [3.8, 4) is 5.75 Å². The number of hydrogen-bond acceptors (Lipinski definition) is 5. The van der Waals surface area contributed by atoms with Gasteiger partial charge in [-0.25, -0.2) is 19.2 Å². The normalized spacial score (nSPS) is 17.0. The van der Waals surface area contributed by atoms with Gasteiger partial charge >= 0.3 is 5.97 Å². The fraction of sp³-hybridized carbons (Fsp3) is 0.214. The first-order valence-corrected chi connectivity index (χ1v) is 6.31. The van der Waals surface area contributed by atoms with E-state index in [0.29, 0.717) is 11.4 Å². The topological polar surface area (TPSA) is 75.6 Å². The Hall–Kier alpha value is -2.70. The van der Waals surface area contributed by atoms with Gasteiger partial charge in [-0.3, -0.25) is 0 Å². The van der Waals surface area contributed by atoms with Gasteiger partial charge in [-0.2, -0.15) is 0 Å². The predicted octanol–water partition coefficient (Wildman–Crippen LogP) is 1.91. The van der Waals surface area contributed by atoms with Gasteiger partial charge in [-0.1, -0.05) is 12.1 Å². The van der Waals surface area contributed by atoms with Crippen LogP contribution in [0.25, 0.3) is 0 Å². The van der Waals surface area contributed by atoms with Crippen LogP contribution in [0.4, 0.5) is 15.9 Å². The molecule has 1 aliphatic rings. The van der Waals surface area contributed by atoms with Crippen LogP contribution in [0.5, 0.6) is 5.75 Å². The minimum Gasteiger partial charge on any atom is -0.478 e. The zero-order valence-corrected chi connectivity index (χ0v) is 11.2. The number of hydrogen-bond donors (Lipinski definition) is 1. The number of aliphatic carboxylic acids is 1. The van der Waals surface area contributed by atoms with Crippen LogP contribution in [0.15, 0.2) is 30.6 Å². The number of aromatic nitrogens is 2. The van der Waals surface area contributed by atoms with Crippen molar-refractivity contribution in [2.45, 2.75) is 13.0 Å². The molecule has 1 aliphatic heterocycles. The van der Waals surface area contributed by atoms with Gasteiger partial charge in [0, 0.05) is 0 Å². The number of nitrogens with zero attached hydrogens (tertiary/aromatic N) is 3. The molecule has 1 unspecified atom stereocenters. The molecule has 1 atom stereocenters. The second-order valence-electron chi connectivity index (χ2n) is 4.62. The Kier molecular flexibility index (Phi) is 3.17. The van der Waals surface area contributed by atoms with Gasteiger partial charge in [-0.15, -0.1) is 0 Å². The van der Waals surface area contributed by atoms with Crippen molar-refractivity contribution in [2.24, 2.45) is 0 Å². The molecule has 0 spiro atoms. The Morgan fingerprint density at radius 1 is 1.43 bits per heavy atom. The number of rotatable bonds is 2. The summed E-state index contributed by atoms with van der Waals surface area (Å²) < 4.78 is 19.7. The van der Waals surface area contributed by atoms with Crippen molar-refractivity contribution in [1.82, 2.24) is 9.97 Å². The fourth-order valence-electron chi connectivity index (χ4n) is 2.20. The summed E-state index contributed by atoms with van der Waals surface area (Å²) >= 11 is 0. The molecule has 3 rings (SSSR count). The van der Waals surface area contributed by atoms with Crippen molar-refractivity contribution in [3.63, 3.8) is 0 Å². The predicted molar refractivity (Wildman–Crippen MR) is 72.2 cm³/mol. The first-order chi connectivity index (χ1) is 10.1. The second-order valence-corrected chi connectivity index (χ2v) is 4.62. The molecule has 0 bridgehead atoms. The molecule has 7 heteroatoms. The van der Waals surface area contributed by atoms with E-state index in [2.05, 4.69) is 9.97 Å². The van der Waals surface area contributed by atoms with Crippen molar-refractivity contribution in [2.75, 3.05) is 11.4 Å². The highest BCUT2D eigenvalue weighted by atomic mass is 19.1. The van der Waals surface area contributed by atoms with E-state index in [0.717, 1.165) is 0 Å². The lowest BCUT2D eigenvalue weighted by molar-refractivity contribution is -0.144. The highest BCUT2D eigenvalue weighted by molar-refractivity contribution is 5.78. The van der Waals surface area contributed by atoms with Crippen LogP contribution in [0.1, 0.15) is 5.69 Å². The molecule has 6 nitrogen and oxygen atoms in total. The average Bonchev–Trinajstić information content (AvgIpc) is 2.49. The van der Waals surface area contributed by atoms with Gasteiger partial charge in [-0.05, 0) is 19.1 Å². The SMILES string of the molecule is Cc1ncnc(N2CC(C(=O)O)Oc3ccccc32)c1F. The lowest BCUT2D eigenvalue weighted by Gasteiger charge is -2.33. The largest absolute Gasteiger partial charge is 0.478 e. The van der Waals surface area contributed by atoms with Gasteiger partial charge in [0.25, 0.3) is 0 Å². The Bertz CT molecular complexity index is 708. The van der Waals surface area contributed by atoms with Crippen molar-refractivity contribution < 1.29 is 19.0 Å². The number of aryl methyl sites for hydroxylation is 1. The molecular formula is C14H12FN3O3. The Morgan fingerprint density at radius 2 is 2.19 bits per heavy atom. The lowest BCUT2D eigenvalue weighted by atomic mass is 10.2. The molecule has 0 aliphatic carbocycles. The number of fused-ring (bicyclic) bond motifs is 1. The van der Waals surface area contributed by atoms with E-state index in [9.17, 15) is 14.3 Å². The maximum atomic E-state index is 14.3. The maximum Gasteiger partial charge on any atom is 0.346 e. The number of ether oxygens (including phenoxy) is 1. The second kappa shape index (κ2) is 5.01. The summed E-state index contributed by atoms with van der Waals surface area (Å²) in [7, 11) is 0. The zero-order valence-electron chi connectivity index (χ0n) is 11.2. The number of carboxylic acid groups (broad SMARTS) is 1. The zero-order chi connectivity index (χ0) is 15.0. The molecule has 1 aromatic heterocycles. The first kappa shape index (κ1) is 13.3. The lowest BCUT2D eigenvalue weighted by Crippen LogP contribution is -2.43. The van der Waals surface area contributed by atoms with Gasteiger partial charge in [0.05, 0.1) is 17.9 Å². The Balaban J connectivity index is 2.12. The fourth-order valence-corrected chi connectivity index (χ4v) is 2.20. The minimum absolute atomic E-state index is 0.0281. The van der Waals surface area contributed by atoms with Crippen LogP contribution < -0.4 is 9.64 Å². The molecule has 0 fully saturated rings. The van der Waals surface area contributed by atoms with Gasteiger partial charge in [0.15, 0.2) is 11.6 Å². The smallest absolute Gasteiger partial charge is 0.346 e. The van der Waals surface area contributed by atoms with Crippen molar-refractivity contribution in [3.05, 3.63) is 42.1 Å². The van der Waals surface area contributed by atoms with Crippen LogP contribution in [-0.4, -0.2) is 33.7 Å². The van der Waals surface area contributed by atoms with E-state index in [4.69, 9.17) is 4.74 Å². The van der Waals surface area contributed by atoms with E-state index in [-0.39, 0.29) is 18.1 Å². The highest BCUT2D eigenvalue weighted by Gasteiger charge is 2.33. The summed E-state index contributed by atoms with van der Waals surface area (Å²) in [5.74, 6) is -1.25. The quantitative estimate of drug-likeness (QED) is 0.910. The van der Waals surface area contributed by atoms with Gasteiger partial charge in [0.1, 0.15) is 12.1 Å². The third-order valence-corrected chi connectivity index (χ3v) is 3.25. The van der Waals surface area contributed by atoms with E-state index in [1.54, 1.807) is 24.3 Å². The molecule has 2 heterocycles. The summed E-state index contributed by atoms with van der Waals surface area (Å²) in [5, 5.41) is 9.17. The Morgan fingerprint density at radius 3 is 2.95 bits per heavy atom. The molecule has 0 saturated heterocycles. The molecule has 108 valence electrons. The maximum absolute atomic E-state index is 14.3. The first-order valence-electron chi connectivity index (χ1n) is 6.31. The number of carboxylic acids is 1. The molecule has 0 radical (unpaired) electrons. The van der Waals surface area contributed by atoms with Crippen molar-refractivity contribution in [1.29, 1.82) is 0 Å². The average molecular weight is 289 g/mol. The van der Waals surface area contributed by atoms with E-state index in [1.807, 2.05) is 0 Å². The number of benzene rings is 1. The van der Waals surface area contributed by atoms with Crippen LogP contribution in [0, 0.1) is 12.7 Å². The van der Waals surface area contributed by atoms with Crippen LogP contribution >= 0.6 is 0 Å². The van der Waals surface area contributed by atoms with E-state index < -0.39 is 17.9 Å². The molecule has 2 aromatic rings. The molecule has 1 N–H and O–H groups in total. The molecule has 0 amide bonds. The van der Waals surface area contributed by atoms with Gasteiger partial charge in [0.2, 0.25) is 6.10 Å². The summed E-state index contributed by atoms with van der Waals surface area (Å²) in [5.41, 5.74) is 0.780. The number of halogens is 1. The number of para-hydroxylation sites is 2. The van der Waals surface area contributed by atoms with Crippen LogP contribution in [-0.2, 0) is 4.79 Å². The van der Waals surface area contributed by atoms with Gasteiger partial charge < -0.3 is 14.7 Å². The third-order valence-electron chi connectivity index (χ3n) is 3.25. The highest BCUT2D eigenvalue weighted by Crippen LogP contribution is 2.38. The Labute approximate surface area is 119 Å². The summed E-state index contributed by atoms with van der Waals surface area (Å²) in [6.07, 6.45) is 0.163. The van der Waals surface area contributed by atoms with Crippen molar-refractivity contribution >= 4 is 17.5 Å². The summed E-state index contributed by atoms with van der Waals surface area (Å²) in [6.45, 7) is 1.50. The molecule has 1 aromatic carbocycles. The van der Waals surface area contributed by atoms with Crippen LogP contribution in [0.3, 0.4) is 0 Å². The third kappa shape index (κ3) is 2.26. The van der Waals surface area contributed by atoms with Crippen LogP contribution in [0.2, 0.25) is 0 Å². The molecule has 21 heavy (non-hydrogen) atoms. The van der Waals surface area contributed by atoms with E-state index in [1.165, 1.54) is 18.2 Å². The van der Waals surface area contributed by atoms with E-state index >= 15 is 0 Å². The number of anilines is 2. The summed E-state index contributed by atoms with van der Waals surface area (Å²) in [6, 6.07) is 6.86. The summed E-state index contributed by atoms with van der Waals surface area (Å²) in [4.78, 5) is 20.4. The standard InChI is InChI=1S/C14H12FN3O3/c1-8-12(15)13(17-7-16-8)18-6-11(14(19)20)21-10-5-3-2-4-9(10)18/h2-5,7,11H,6H2,1H3,(H,19,20). The molecular weight excluding hydrogens is 277 g/mol. The minimum atomic E-state index is -1.11. The number of carbonyl (C=O) groups is 1. The monoisotopic (exact) mass is 289 g/mol.